The van der Waals surface area contributed by atoms with Crippen LogP contribution in [0.25, 0.3) is 0 Å². The molecule has 3 nitrogen and oxygen atoms in total. The number of carbonyl (C=O) groups is 1. The van der Waals surface area contributed by atoms with Crippen LogP contribution in [0.1, 0.15) is 46.0 Å². The second kappa shape index (κ2) is 4.74. The zero-order valence-electron chi connectivity index (χ0n) is 10.5. The summed E-state index contributed by atoms with van der Waals surface area (Å²) in [6.45, 7) is 6.52. The van der Waals surface area contributed by atoms with Crippen molar-refractivity contribution in [1.29, 1.82) is 0 Å². The van der Waals surface area contributed by atoms with Crippen LogP contribution in [0.4, 0.5) is 0 Å². The van der Waals surface area contributed by atoms with Gasteiger partial charge in [0, 0.05) is 12.6 Å². The number of hydrogen-bond donors (Lipinski definition) is 2. The summed E-state index contributed by atoms with van der Waals surface area (Å²) >= 11 is 0. The Labute approximate surface area is 98.4 Å². The molecule has 0 aromatic heterocycles. The second-order valence-corrected chi connectivity index (χ2v) is 6.16. The lowest BCUT2D eigenvalue weighted by atomic mass is 9.91. The van der Waals surface area contributed by atoms with E-state index in [0.717, 1.165) is 38.8 Å². The number of carbonyl (C=O) groups excluding carboxylic acids is 1. The Hall–Kier alpha value is -0.570. The van der Waals surface area contributed by atoms with Crippen molar-refractivity contribution in [3.05, 3.63) is 0 Å². The van der Waals surface area contributed by atoms with Gasteiger partial charge in [-0.1, -0.05) is 13.8 Å². The molecule has 3 heteroatoms. The van der Waals surface area contributed by atoms with Gasteiger partial charge in [0.25, 0.3) is 0 Å². The molecule has 16 heavy (non-hydrogen) atoms. The van der Waals surface area contributed by atoms with E-state index in [1.165, 1.54) is 6.42 Å². The van der Waals surface area contributed by atoms with E-state index < -0.39 is 0 Å². The van der Waals surface area contributed by atoms with E-state index in [9.17, 15) is 4.79 Å². The molecule has 1 amide bonds. The van der Waals surface area contributed by atoms with Gasteiger partial charge in [-0.3, -0.25) is 4.79 Å². The van der Waals surface area contributed by atoms with E-state index in [2.05, 4.69) is 24.5 Å². The summed E-state index contributed by atoms with van der Waals surface area (Å²) in [7, 11) is 0. The first kappa shape index (κ1) is 11.9. The van der Waals surface area contributed by atoms with Crippen molar-refractivity contribution >= 4 is 5.91 Å². The molecule has 1 saturated carbocycles. The minimum atomic E-state index is 0.206. The van der Waals surface area contributed by atoms with Crippen LogP contribution in [0.2, 0.25) is 0 Å². The maximum Gasteiger partial charge on any atom is 0.224 e. The molecule has 2 rings (SSSR count). The topological polar surface area (TPSA) is 41.1 Å². The molecule has 0 aromatic rings. The van der Waals surface area contributed by atoms with Gasteiger partial charge in [0.05, 0.1) is 5.92 Å². The fourth-order valence-corrected chi connectivity index (χ4v) is 2.95. The normalized spacial score (nSPS) is 33.6. The molecule has 1 aliphatic carbocycles. The van der Waals surface area contributed by atoms with Crippen molar-refractivity contribution in [3.63, 3.8) is 0 Å². The summed E-state index contributed by atoms with van der Waals surface area (Å²) < 4.78 is 0. The van der Waals surface area contributed by atoms with Crippen LogP contribution in [0.15, 0.2) is 0 Å². The third-order valence-corrected chi connectivity index (χ3v) is 3.98. The largest absolute Gasteiger partial charge is 0.353 e. The van der Waals surface area contributed by atoms with Crippen LogP contribution in [-0.4, -0.2) is 25.0 Å². The maximum absolute atomic E-state index is 12.0. The third kappa shape index (κ3) is 2.97. The Bertz CT molecular complexity index is 257. The zero-order chi connectivity index (χ0) is 11.6. The van der Waals surface area contributed by atoms with Gasteiger partial charge in [0.15, 0.2) is 0 Å². The monoisotopic (exact) mass is 224 g/mol. The Morgan fingerprint density at radius 1 is 1.38 bits per heavy atom. The molecule has 2 atom stereocenters. The van der Waals surface area contributed by atoms with Crippen LogP contribution in [-0.2, 0) is 4.79 Å². The molecule has 2 N–H and O–H groups in total. The maximum atomic E-state index is 12.0. The smallest absolute Gasteiger partial charge is 0.224 e. The Balaban J connectivity index is 1.79. The van der Waals surface area contributed by atoms with Gasteiger partial charge in [-0.2, -0.15) is 0 Å². The summed E-state index contributed by atoms with van der Waals surface area (Å²) in [6.07, 6.45) is 5.71. The lowest BCUT2D eigenvalue weighted by molar-refractivity contribution is -0.126. The SMILES string of the molecule is CC1(C)CCC(NC(=O)[C@@H]2CCCNC2)C1. The van der Waals surface area contributed by atoms with Crippen molar-refractivity contribution < 1.29 is 4.79 Å². The van der Waals surface area contributed by atoms with E-state index in [-0.39, 0.29) is 11.8 Å². The molecule has 2 fully saturated rings. The number of amides is 1. The number of rotatable bonds is 2. The Morgan fingerprint density at radius 3 is 2.75 bits per heavy atom. The lowest BCUT2D eigenvalue weighted by Gasteiger charge is -2.24. The van der Waals surface area contributed by atoms with E-state index in [0.29, 0.717) is 11.5 Å². The average molecular weight is 224 g/mol. The molecule has 92 valence electrons. The van der Waals surface area contributed by atoms with Crippen LogP contribution >= 0.6 is 0 Å². The summed E-state index contributed by atoms with van der Waals surface area (Å²) in [5.74, 6) is 0.479. The summed E-state index contributed by atoms with van der Waals surface area (Å²) in [5.41, 5.74) is 0.419. The first-order valence-electron chi connectivity index (χ1n) is 6.58. The molecule has 2 aliphatic rings. The predicted octanol–water partition coefficient (Wildman–Crippen LogP) is 1.68. The standard InChI is InChI=1S/C13H24N2O/c1-13(2)6-5-11(8-13)15-12(16)10-4-3-7-14-9-10/h10-11,14H,3-9H2,1-2H3,(H,15,16)/t10-,11?/m1/s1. The molecule has 1 heterocycles. The van der Waals surface area contributed by atoms with Crippen molar-refractivity contribution in [2.45, 2.75) is 52.0 Å². The van der Waals surface area contributed by atoms with Gasteiger partial charge < -0.3 is 10.6 Å². The van der Waals surface area contributed by atoms with Crippen molar-refractivity contribution in [1.82, 2.24) is 10.6 Å². The molecule has 1 unspecified atom stereocenters. The van der Waals surface area contributed by atoms with E-state index in [1.54, 1.807) is 0 Å². The van der Waals surface area contributed by atoms with E-state index >= 15 is 0 Å². The van der Waals surface area contributed by atoms with Crippen LogP contribution in [0.5, 0.6) is 0 Å². The van der Waals surface area contributed by atoms with Crippen LogP contribution in [0, 0.1) is 11.3 Å². The highest BCUT2D eigenvalue weighted by Gasteiger charge is 2.33. The highest BCUT2D eigenvalue weighted by Crippen LogP contribution is 2.37. The number of piperidine rings is 1. The minimum absolute atomic E-state index is 0.206. The number of hydrogen-bond acceptors (Lipinski definition) is 2. The van der Waals surface area contributed by atoms with Gasteiger partial charge in [0.2, 0.25) is 5.91 Å². The first-order valence-corrected chi connectivity index (χ1v) is 6.58. The van der Waals surface area contributed by atoms with E-state index in [1.807, 2.05) is 0 Å². The van der Waals surface area contributed by atoms with Crippen molar-refractivity contribution in [2.24, 2.45) is 11.3 Å². The Kier molecular flexibility index (Phi) is 3.53. The van der Waals surface area contributed by atoms with Gasteiger partial charge >= 0.3 is 0 Å². The average Bonchev–Trinajstić information content (AvgIpc) is 2.59. The van der Waals surface area contributed by atoms with Crippen molar-refractivity contribution in [3.8, 4) is 0 Å². The predicted molar refractivity (Wildman–Crippen MR) is 65.2 cm³/mol. The zero-order valence-corrected chi connectivity index (χ0v) is 10.5. The van der Waals surface area contributed by atoms with Gasteiger partial charge in [-0.05, 0) is 44.1 Å². The van der Waals surface area contributed by atoms with Crippen molar-refractivity contribution in [2.75, 3.05) is 13.1 Å². The first-order chi connectivity index (χ1) is 7.57. The van der Waals surface area contributed by atoms with Gasteiger partial charge in [-0.25, -0.2) is 0 Å². The summed E-state index contributed by atoms with van der Waals surface area (Å²) in [6, 6.07) is 0.421. The second-order valence-electron chi connectivity index (χ2n) is 6.16. The molecule has 0 bridgehead atoms. The molecular weight excluding hydrogens is 200 g/mol. The Morgan fingerprint density at radius 2 is 2.19 bits per heavy atom. The minimum Gasteiger partial charge on any atom is -0.353 e. The molecule has 1 aliphatic heterocycles. The van der Waals surface area contributed by atoms with Crippen LogP contribution < -0.4 is 10.6 Å². The quantitative estimate of drug-likeness (QED) is 0.749. The highest BCUT2D eigenvalue weighted by molar-refractivity contribution is 5.79. The molecular formula is C13H24N2O. The van der Waals surface area contributed by atoms with Gasteiger partial charge in [-0.15, -0.1) is 0 Å². The number of nitrogens with one attached hydrogen (secondary N) is 2. The third-order valence-electron chi connectivity index (χ3n) is 3.98. The molecule has 0 aromatic carbocycles. The fraction of sp³-hybridized carbons (Fsp3) is 0.923. The van der Waals surface area contributed by atoms with Crippen LogP contribution in [0.3, 0.4) is 0 Å². The highest BCUT2D eigenvalue weighted by atomic mass is 16.2. The molecule has 1 saturated heterocycles. The van der Waals surface area contributed by atoms with E-state index in [4.69, 9.17) is 0 Å². The lowest BCUT2D eigenvalue weighted by Crippen LogP contribution is -2.43. The summed E-state index contributed by atoms with van der Waals surface area (Å²) in [4.78, 5) is 12.0. The molecule has 0 spiro atoms. The fourth-order valence-electron chi connectivity index (χ4n) is 2.95. The van der Waals surface area contributed by atoms with Gasteiger partial charge in [0.1, 0.15) is 0 Å². The summed E-state index contributed by atoms with van der Waals surface area (Å²) in [5, 5.41) is 6.52. The molecule has 0 radical (unpaired) electrons.